The number of rotatable bonds is 2. The molecule has 2 unspecified atom stereocenters. The molecular weight excluding hydrogens is 408 g/mol. The quantitative estimate of drug-likeness (QED) is 0.244. The average Bonchev–Trinajstić information content (AvgIpc) is 2.91. The molecule has 0 aliphatic heterocycles. The van der Waals surface area contributed by atoms with Crippen molar-refractivity contribution in [2.75, 3.05) is 0 Å². The third-order valence-electron chi connectivity index (χ3n) is 7.42. The molecule has 34 heavy (non-hydrogen) atoms. The molecule has 0 heterocycles. The van der Waals surface area contributed by atoms with Crippen molar-refractivity contribution in [3.05, 3.63) is 139 Å². The summed E-state index contributed by atoms with van der Waals surface area (Å²) in [5.74, 6) is 0.783. The van der Waals surface area contributed by atoms with Crippen LogP contribution in [-0.4, -0.2) is 0 Å². The predicted octanol–water partition coefficient (Wildman–Crippen LogP) is 9.12. The zero-order chi connectivity index (χ0) is 22.5. The molecule has 0 heteroatoms. The van der Waals surface area contributed by atoms with Gasteiger partial charge in [0.1, 0.15) is 0 Å². The number of fused-ring (bicyclic) bond motifs is 4. The molecule has 2 atom stereocenters. The van der Waals surface area contributed by atoms with Crippen molar-refractivity contribution in [1.82, 2.24) is 0 Å². The SMILES string of the molecule is C1=CC2C=CC=C(c3c4ccccc4c(-c4cccc5ccccc45)c4ccccc34)C2C=C1. The van der Waals surface area contributed by atoms with E-state index in [1.165, 1.54) is 54.6 Å². The van der Waals surface area contributed by atoms with Crippen LogP contribution < -0.4 is 0 Å². The van der Waals surface area contributed by atoms with Gasteiger partial charge in [0.2, 0.25) is 0 Å². The van der Waals surface area contributed by atoms with Gasteiger partial charge in [-0.15, -0.1) is 0 Å². The molecule has 0 amide bonds. The molecule has 0 aromatic heterocycles. The maximum Gasteiger partial charge on any atom is 0.0125 e. The van der Waals surface area contributed by atoms with Gasteiger partial charge in [0.15, 0.2) is 0 Å². The van der Waals surface area contributed by atoms with E-state index in [1.807, 2.05) is 0 Å². The topological polar surface area (TPSA) is 0 Å². The highest BCUT2D eigenvalue weighted by Gasteiger charge is 2.27. The van der Waals surface area contributed by atoms with Gasteiger partial charge in [0, 0.05) is 11.8 Å². The summed E-state index contributed by atoms with van der Waals surface area (Å²) in [6.07, 6.45) is 15.9. The number of hydrogen-bond acceptors (Lipinski definition) is 0. The van der Waals surface area contributed by atoms with Crippen LogP contribution in [0.3, 0.4) is 0 Å². The molecule has 7 rings (SSSR count). The van der Waals surface area contributed by atoms with Crippen LogP contribution in [0.1, 0.15) is 5.56 Å². The van der Waals surface area contributed by atoms with Crippen LogP contribution in [0.2, 0.25) is 0 Å². The smallest absolute Gasteiger partial charge is 0.0125 e. The fourth-order valence-electron chi connectivity index (χ4n) is 5.94. The fraction of sp³-hybridized carbons (Fsp3) is 0.0588. The van der Waals surface area contributed by atoms with E-state index in [0.29, 0.717) is 11.8 Å². The van der Waals surface area contributed by atoms with Crippen molar-refractivity contribution in [2.45, 2.75) is 0 Å². The predicted molar refractivity (Wildman–Crippen MR) is 147 cm³/mol. The maximum absolute atomic E-state index is 2.36. The Kier molecular flexibility index (Phi) is 4.38. The molecule has 0 spiro atoms. The van der Waals surface area contributed by atoms with Crippen LogP contribution in [0.5, 0.6) is 0 Å². The number of benzene rings is 5. The Morgan fingerprint density at radius 1 is 0.441 bits per heavy atom. The first-order chi connectivity index (χ1) is 16.9. The lowest BCUT2D eigenvalue weighted by Gasteiger charge is -2.29. The van der Waals surface area contributed by atoms with Gasteiger partial charge in [-0.25, -0.2) is 0 Å². The van der Waals surface area contributed by atoms with Crippen molar-refractivity contribution in [3.8, 4) is 11.1 Å². The highest BCUT2D eigenvalue weighted by atomic mass is 14.3. The van der Waals surface area contributed by atoms with Gasteiger partial charge < -0.3 is 0 Å². The third kappa shape index (κ3) is 2.85. The molecule has 0 radical (unpaired) electrons. The van der Waals surface area contributed by atoms with Gasteiger partial charge in [-0.3, -0.25) is 0 Å². The molecule has 2 aliphatic carbocycles. The van der Waals surface area contributed by atoms with E-state index >= 15 is 0 Å². The lowest BCUT2D eigenvalue weighted by molar-refractivity contribution is 0.679. The second-order valence-electron chi connectivity index (χ2n) is 9.25. The third-order valence-corrected chi connectivity index (χ3v) is 7.42. The molecular formula is C34H24. The Balaban J connectivity index is 1.62. The molecule has 160 valence electrons. The minimum Gasteiger partial charge on any atom is -0.0767 e. The Morgan fingerprint density at radius 3 is 1.74 bits per heavy atom. The molecule has 0 nitrogen and oxygen atoms in total. The molecule has 0 saturated carbocycles. The summed E-state index contributed by atoms with van der Waals surface area (Å²) >= 11 is 0. The van der Waals surface area contributed by atoms with Crippen LogP contribution in [0.4, 0.5) is 0 Å². The van der Waals surface area contributed by atoms with E-state index in [9.17, 15) is 0 Å². The summed E-state index contributed by atoms with van der Waals surface area (Å²) in [5.41, 5.74) is 5.40. The summed E-state index contributed by atoms with van der Waals surface area (Å²) < 4.78 is 0. The van der Waals surface area contributed by atoms with Crippen LogP contribution in [0.15, 0.2) is 134 Å². The lowest BCUT2D eigenvalue weighted by Crippen LogP contribution is -2.15. The molecule has 0 bridgehead atoms. The second kappa shape index (κ2) is 7.71. The lowest BCUT2D eigenvalue weighted by atomic mass is 9.74. The average molecular weight is 433 g/mol. The number of hydrogen-bond donors (Lipinski definition) is 0. The van der Waals surface area contributed by atoms with Crippen LogP contribution in [0, 0.1) is 11.8 Å². The second-order valence-corrected chi connectivity index (χ2v) is 9.25. The Bertz CT molecular complexity index is 1650. The van der Waals surface area contributed by atoms with Crippen molar-refractivity contribution >= 4 is 37.9 Å². The van der Waals surface area contributed by atoms with Crippen molar-refractivity contribution in [1.29, 1.82) is 0 Å². The first-order valence-electron chi connectivity index (χ1n) is 12.1. The highest BCUT2D eigenvalue weighted by molar-refractivity contribution is 6.21. The first kappa shape index (κ1) is 19.3. The normalized spacial score (nSPS) is 19.0. The van der Waals surface area contributed by atoms with Crippen LogP contribution in [-0.2, 0) is 0 Å². The van der Waals surface area contributed by atoms with E-state index < -0.39 is 0 Å². The zero-order valence-corrected chi connectivity index (χ0v) is 18.9. The van der Waals surface area contributed by atoms with Gasteiger partial charge in [-0.05, 0) is 54.6 Å². The Hall–Kier alpha value is -4.16. The molecule has 5 aromatic carbocycles. The summed E-state index contributed by atoms with van der Waals surface area (Å²) in [5, 5.41) is 7.86. The van der Waals surface area contributed by atoms with Crippen molar-refractivity contribution in [2.24, 2.45) is 11.8 Å². The van der Waals surface area contributed by atoms with E-state index in [4.69, 9.17) is 0 Å². The first-order valence-corrected chi connectivity index (χ1v) is 12.1. The van der Waals surface area contributed by atoms with Crippen molar-refractivity contribution < 1.29 is 0 Å². The summed E-state index contributed by atoms with van der Waals surface area (Å²) in [4.78, 5) is 0. The molecule has 5 aromatic rings. The van der Waals surface area contributed by atoms with Gasteiger partial charge in [-0.1, -0.05) is 134 Å². The Morgan fingerprint density at radius 2 is 1.00 bits per heavy atom. The Labute approximate surface area is 199 Å². The van der Waals surface area contributed by atoms with E-state index in [0.717, 1.165) is 0 Å². The number of allylic oxidation sites excluding steroid dienone is 8. The minimum absolute atomic E-state index is 0.366. The monoisotopic (exact) mass is 432 g/mol. The molecule has 0 saturated heterocycles. The van der Waals surface area contributed by atoms with Crippen LogP contribution in [0.25, 0.3) is 49.0 Å². The largest absolute Gasteiger partial charge is 0.0767 e. The standard InChI is InChI=1S/C34H24/c1-3-15-25-23(11-1)13-9-21-27(25)33-29-17-5-7-19-31(29)34(32-20-8-6-18-30(32)33)28-22-10-14-24-12-2-4-16-26(24)28/h1-23,25H. The van der Waals surface area contributed by atoms with Gasteiger partial charge in [-0.2, -0.15) is 0 Å². The fourth-order valence-corrected chi connectivity index (χ4v) is 5.94. The van der Waals surface area contributed by atoms with Crippen molar-refractivity contribution in [3.63, 3.8) is 0 Å². The zero-order valence-electron chi connectivity index (χ0n) is 18.9. The highest BCUT2D eigenvalue weighted by Crippen LogP contribution is 2.47. The van der Waals surface area contributed by atoms with Gasteiger partial charge in [0.25, 0.3) is 0 Å². The summed E-state index contributed by atoms with van der Waals surface area (Å²) in [6, 6.07) is 33.3. The van der Waals surface area contributed by atoms with E-state index in [2.05, 4.69) is 134 Å². The van der Waals surface area contributed by atoms with Gasteiger partial charge >= 0.3 is 0 Å². The van der Waals surface area contributed by atoms with E-state index in [-0.39, 0.29) is 0 Å². The maximum atomic E-state index is 2.36. The van der Waals surface area contributed by atoms with Crippen LogP contribution >= 0.6 is 0 Å². The minimum atomic E-state index is 0.366. The molecule has 0 fully saturated rings. The van der Waals surface area contributed by atoms with Gasteiger partial charge in [0.05, 0.1) is 0 Å². The molecule has 2 aliphatic rings. The summed E-state index contributed by atoms with van der Waals surface area (Å²) in [6.45, 7) is 0. The molecule has 0 N–H and O–H groups in total. The summed E-state index contributed by atoms with van der Waals surface area (Å²) in [7, 11) is 0. The van der Waals surface area contributed by atoms with E-state index in [1.54, 1.807) is 0 Å².